The SMILES string of the molecule is CCC1OC(=O)C(C)C(OC2CC(C)(OC)C(O)C(C)O2)C(C)C(OC2OC(C)CC(N(C)C)C2C)C(C)(O)CC(C)CN(C)C(C)C(O)C1(C)O. The summed E-state index contributed by atoms with van der Waals surface area (Å²) in [7, 11) is 7.50. The van der Waals surface area contributed by atoms with Crippen molar-refractivity contribution >= 4 is 5.97 Å². The lowest BCUT2D eigenvalue weighted by Gasteiger charge is -2.49. The Morgan fingerprint density at radius 1 is 0.923 bits per heavy atom. The first-order chi connectivity index (χ1) is 23.9. The standard InChI is InChI=1S/C39H74N2O11/c1-16-29-39(11,46)32(42)26(7)41(14)20-21(2)18-37(9,45)34(52-36-23(4)28(40(12)13)17-22(3)48-36)24(5)31(25(6)35(44)50-29)51-30-19-38(10,47-15)33(43)27(8)49-30/h21-34,36,42-43,45-46H,16-20H2,1-15H3. The van der Waals surface area contributed by atoms with E-state index in [2.05, 4.69) is 11.8 Å². The zero-order chi connectivity index (χ0) is 39.7. The molecule has 13 nitrogen and oxygen atoms in total. The minimum atomic E-state index is -1.77. The minimum Gasteiger partial charge on any atom is -0.459 e. The van der Waals surface area contributed by atoms with Gasteiger partial charge in [0.15, 0.2) is 12.6 Å². The maximum absolute atomic E-state index is 14.2. The number of aliphatic hydroxyl groups excluding tert-OH is 2. The first-order valence-electron chi connectivity index (χ1n) is 19.5. The van der Waals surface area contributed by atoms with E-state index in [9.17, 15) is 25.2 Å². The van der Waals surface area contributed by atoms with Crippen molar-refractivity contribution in [2.24, 2.45) is 23.7 Å². The summed E-state index contributed by atoms with van der Waals surface area (Å²) in [5.74, 6) is -2.34. The topological polar surface area (TPSA) is 160 Å². The fourth-order valence-corrected chi connectivity index (χ4v) is 9.06. The lowest BCUT2D eigenvalue weighted by Crippen LogP contribution is -2.59. The van der Waals surface area contributed by atoms with Gasteiger partial charge in [-0.25, -0.2) is 0 Å². The molecule has 18 atom stereocenters. The van der Waals surface area contributed by atoms with Crippen LogP contribution in [0.1, 0.15) is 102 Å². The Balaban J connectivity index is 2.17. The van der Waals surface area contributed by atoms with Crippen molar-refractivity contribution < 1.29 is 53.6 Å². The Labute approximate surface area is 313 Å². The summed E-state index contributed by atoms with van der Waals surface area (Å²) in [5, 5.41) is 46.8. The van der Waals surface area contributed by atoms with Gasteiger partial charge in [-0.2, -0.15) is 0 Å². The van der Waals surface area contributed by atoms with Gasteiger partial charge < -0.3 is 58.6 Å². The number of methoxy groups -OCH3 is 1. The van der Waals surface area contributed by atoms with Crippen LogP contribution in [0.15, 0.2) is 0 Å². The highest BCUT2D eigenvalue weighted by molar-refractivity contribution is 5.73. The Morgan fingerprint density at radius 2 is 1.54 bits per heavy atom. The predicted octanol–water partition coefficient (Wildman–Crippen LogP) is 3.18. The highest BCUT2D eigenvalue weighted by atomic mass is 16.7. The minimum absolute atomic E-state index is 0.0440. The summed E-state index contributed by atoms with van der Waals surface area (Å²) in [6.07, 6.45) is -5.73. The van der Waals surface area contributed by atoms with Gasteiger partial charge in [0.05, 0.1) is 41.5 Å². The van der Waals surface area contributed by atoms with Gasteiger partial charge in [0.25, 0.3) is 0 Å². The summed E-state index contributed by atoms with van der Waals surface area (Å²) in [5.41, 5.74) is -4.20. The molecule has 0 amide bonds. The molecule has 0 radical (unpaired) electrons. The number of cyclic esters (lactones) is 1. The molecule has 0 aromatic carbocycles. The van der Waals surface area contributed by atoms with Crippen LogP contribution >= 0.6 is 0 Å². The number of rotatable bonds is 7. The molecule has 306 valence electrons. The molecule has 0 saturated carbocycles. The van der Waals surface area contributed by atoms with Gasteiger partial charge in [0, 0.05) is 44.0 Å². The zero-order valence-electron chi connectivity index (χ0n) is 34.7. The van der Waals surface area contributed by atoms with Gasteiger partial charge in [0.1, 0.15) is 23.9 Å². The van der Waals surface area contributed by atoms with Crippen molar-refractivity contribution in [2.45, 2.75) is 186 Å². The average Bonchev–Trinajstić information content (AvgIpc) is 3.05. The molecule has 0 bridgehead atoms. The number of carbonyl (C=O) groups is 1. The van der Waals surface area contributed by atoms with Crippen LogP contribution in [0, 0.1) is 23.7 Å². The van der Waals surface area contributed by atoms with E-state index in [0.717, 1.165) is 6.42 Å². The van der Waals surface area contributed by atoms with Crippen molar-refractivity contribution in [3.05, 3.63) is 0 Å². The molecule has 52 heavy (non-hydrogen) atoms. The van der Waals surface area contributed by atoms with Crippen molar-refractivity contribution in [1.82, 2.24) is 9.80 Å². The number of hydrogen-bond acceptors (Lipinski definition) is 13. The number of ether oxygens (including phenoxy) is 6. The number of nitrogens with zero attached hydrogens (tertiary/aromatic N) is 2. The Morgan fingerprint density at radius 3 is 2.10 bits per heavy atom. The van der Waals surface area contributed by atoms with Gasteiger partial charge in [-0.15, -0.1) is 0 Å². The van der Waals surface area contributed by atoms with Crippen LogP contribution in [0.5, 0.6) is 0 Å². The summed E-state index contributed by atoms with van der Waals surface area (Å²) < 4.78 is 38.2. The maximum atomic E-state index is 14.2. The Kier molecular flexibility index (Phi) is 15.6. The van der Waals surface area contributed by atoms with E-state index < -0.39 is 89.9 Å². The van der Waals surface area contributed by atoms with Crippen LogP contribution in [0.25, 0.3) is 0 Å². The van der Waals surface area contributed by atoms with E-state index in [0.29, 0.717) is 13.0 Å². The van der Waals surface area contributed by atoms with Crippen LogP contribution in [-0.2, 0) is 33.2 Å². The van der Waals surface area contributed by atoms with Gasteiger partial charge >= 0.3 is 5.97 Å². The molecule has 0 spiro atoms. The molecule has 0 aromatic heterocycles. The molecule has 0 aromatic rings. The second-order valence-corrected chi connectivity index (χ2v) is 17.5. The molecule has 4 N–H and O–H groups in total. The van der Waals surface area contributed by atoms with Crippen molar-refractivity contribution in [1.29, 1.82) is 0 Å². The number of aliphatic hydroxyl groups is 4. The van der Waals surface area contributed by atoms with Crippen molar-refractivity contribution in [3.8, 4) is 0 Å². The molecule has 0 aliphatic carbocycles. The lowest BCUT2D eigenvalue weighted by molar-refractivity contribution is -0.312. The summed E-state index contributed by atoms with van der Waals surface area (Å²) >= 11 is 0. The highest BCUT2D eigenvalue weighted by Gasteiger charge is 2.52. The first-order valence-corrected chi connectivity index (χ1v) is 19.5. The summed E-state index contributed by atoms with van der Waals surface area (Å²) in [6, 6.07) is -0.330. The van der Waals surface area contributed by atoms with E-state index in [1.54, 1.807) is 34.6 Å². The Hall–Kier alpha value is -0.970. The molecule has 3 aliphatic heterocycles. The van der Waals surface area contributed by atoms with Gasteiger partial charge in [-0.05, 0) is 94.8 Å². The predicted molar refractivity (Wildman–Crippen MR) is 197 cm³/mol. The number of esters is 1. The fourth-order valence-electron chi connectivity index (χ4n) is 9.06. The fraction of sp³-hybridized carbons (Fsp3) is 0.974. The van der Waals surface area contributed by atoms with Gasteiger partial charge in [-0.1, -0.05) is 27.7 Å². The Bertz CT molecular complexity index is 1140. The van der Waals surface area contributed by atoms with E-state index >= 15 is 0 Å². The summed E-state index contributed by atoms with van der Waals surface area (Å²) in [4.78, 5) is 18.4. The van der Waals surface area contributed by atoms with Crippen LogP contribution in [-0.4, -0.2) is 155 Å². The summed E-state index contributed by atoms with van der Waals surface area (Å²) in [6.45, 7) is 20.7. The quantitative estimate of drug-likeness (QED) is 0.282. The van der Waals surface area contributed by atoms with Crippen LogP contribution in [0.3, 0.4) is 0 Å². The van der Waals surface area contributed by atoms with Crippen LogP contribution in [0.2, 0.25) is 0 Å². The lowest BCUT2D eigenvalue weighted by atomic mass is 9.77. The van der Waals surface area contributed by atoms with Gasteiger partial charge in [0.2, 0.25) is 0 Å². The molecule has 3 heterocycles. The smallest absolute Gasteiger partial charge is 0.311 e. The molecular weight excluding hydrogens is 672 g/mol. The molecule has 13 heteroatoms. The number of hydrogen-bond donors (Lipinski definition) is 4. The molecule has 3 saturated heterocycles. The van der Waals surface area contributed by atoms with Crippen LogP contribution < -0.4 is 0 Å². The van der Waals surface area contributed by atoms with E-state index in [-0.39, 0.29) is 36.8 Å². The molecule has 18 unspecified atom stereocenters. The van der Waals surface area contributed by atoms with E-state index in [1.165, 1.54) is 14.0 Å². The largest absolute Gasteiger partial charge is 0.459 e. The third kappa shape index (κ3) is 10.1. The molecule has 3 rings (SSSR count). The van der Waals surface area contributed by atoms with Crippen LogP contribution in [0.4, 0.5) is 0 Å². The third-order valence-corrected chi connectivity index (χ3v) is 12.6. The number of carbonyl (C=O) groups excluding carboxylic acids is 1. The van der Waals surface area contributed by atoms with Crippen molar-refractivity contribution in [2.75, 3.05) is 34.8 Å². The molecule has 3 fully saturated rings. The normalized spacial score (nSPS) is 49.6. The first kappa shape index (κ1) is 45.4. The second kappa shape index (κ2) is 17.9. The van der Waals surface area contributed by atoms with E-state index in [4.69, 9.17) is 28.4 Å². The molecule has 3 aliphatic rings. The average molecular weight is 747 g/mol. The monoisotopic (exact) mass is 747 g/mol. The third-order valence-electron chi connectivity index (χ3n) is 12.6. The zero-order valence-corrected chi connectivity index (χ0v) is 34.7. The second-order valence-electron chi connectivity index (χ2n) is 17.5. The van der Waals surface area contributed by atoms with Gasteiger partial charge in [-0.3, -0.25) is 4.79 Å². The van der Waals surface area contributed by atoms with E-state index in [1.807, 2.05) is 53.7 Å². The molecular formula is C39H74N2O11. The maximum Gasteiger partial charge on any atom is 0.311 e. The highest BCUT2D eigenvalue weighted by Crippen LogP contribution is 2.41. The number of likely N-dealkylation sites (N-methyl/N-ethyl adjacent to an activating group) is 1. The van der Waals surface area contributed by atoms with Crippen molar-refractivity contribution in [3.63, 3.8) is 0 Å².